The molecule has 0 amide bonds. The number of hydrogen-bond acceptors (Lipinski definition) is 1. The predicted octanol–water partition coefficient (Wildman–Crippen LogP) is 8.00. The van der Waals surface area contributed by atoms with Gasteiger partial charge in [0, 0.05) is 0 Å². The van der Waals surface area contributed by atoms with E-state index >= 15 is 0 Å². The molecule has 0 heterocycles. The second-order valence-electron chi connectivity index (χ2n) is 8.20. The van der Waals surface area contributed by atoms with Gasteiger partial charge in [0.25, 0.3) is 0 Å². The van der Waals surface area contributed by atoms with Crippen molar-refractivity contribution >= 4 is 0 Å². The molecule has 1 saturated carbocycles. The molecule has 1 nitrogen and oxygen atoms in total. The monoisotopic (exact) mass is 426 g/mol. The molecule has 6 heteroatoms. The fraction of sp³-hybridized carbons (Fsp3) is 0.500. The van der Waals surface area contributed by atoms with E-state index in [9.17, 15) is 22.0 Å². The van der Waals surface area contributed by atoms with E-state index in [0.29, 0.717) is 5.92 Å². The summed E-state index contributed by atoms with van der Waals surface area (Å²) >= 11 is 0. The molecule has 0 aliphatic heterocycles. The summed E-state index contributed by atoms with van der Waals surface area (Å²) in [4.78, 5) is 0. The van der Waals surface area contributed by atoms with Crippen LogP contribution in [-0.2, 0) is 10.8 Å². The average Bonchev–Trinajstić information content (AvgIpc) is 2.70. The van der Waals surface area contributed by atoms with Crippen LogP contribution >= 0.6 is 0 Å². The van der Waals surface area contributed by atoms with E-state index in [1.807, 2.05) is 0 Å². The summed E-state index contributed by atoms with van der Waals surface area (Å²) in [5.74, 6) is -2.38. The van der Waals surface area contributed by atoms with Gasteiger partial charge in [0.1, 0.15) is 5.82 Å². The van der Waals surface area contributed by atoms with E-state index in [4.69, 9.17) is 4.74 Å². The molecule has 0 N–H and O–H groups in total. The predicted molar refractivity (Wildman–Crippen MR) is 106 cm³/mol. The van der Waals surface area contributed by atoms with Crippen molar-refractivity contribution in [2.45, 2.75) is 70.5 Å². The molecule has 1 unspecified atom stereocenters. The zero-order valence-corrected chi connectivity index (χ0v) is 17.2. The van der Waals surface area contributed by atoms with E-state index in [1.165, 1.54) is 19.4 Å². The number of alkyl halides is 2. The highest BCUT2D eigenvalue weighted by molar-refractivity contribution is 5.29. The lowest BCUT2D eigenvalue weighted by atomic mass is 9.77. The van der Waals surface area contributed by atoms with Gasteiger partial charge in [-0.2, -0.15) is 8.78 Å². The van der Waals surface area contributed by atoms with Crippen LogP contribution < -0.4 is 0 Å². The molecule has 30 heavy (non-hydrogen) atoms. The van der Waals surface area contributed by atoms with Gasteiger partial charge >= 0.3 is 6.11 Å². The van der Waals surface area contributed by atoms with Crippen LogP contribution in [0.15, 0.2) is 36.4 Å². The minimum Gasteiger partial charge on any atom is -0.309 e. The summed E-state index contributed by atoms with van der Waals surface area (Å²) < 4.78 is 75.0. The molecule has 1 atom stereocenters. The molecule has 1 fully saturated rings. The smallest absolute Gasteiger partial charge is 0.309 e. The molecule has 164 valence electrons. The molecule has 2 aromatic rings. The van der Waals surface area contributed by atoms with Crippen LogP contribution in [0, 0.1) is 23.4 Å². The zero-order valence-electron chi connectivity index (χ0n) is 17.2. The molecule has 2 aromatic carbocycles. The molecule has 0 saturated heterocycles. The summed E-state index contributed by atoms with van der Waals surface area (Å²) in [6.07, 6.45) is 1.19. The van der Waals surface area contributed by atoms with Gasteiger partial charge in [-0.3, -0.25) is 0 Å². The van der Waals surface area contributed by atoms with E-state index in [1.54, 1.807) is 6.07 Å². The van der Waals surface area contributed by atoms with Crippen molar-refractivity contribution < 1.29 is 26.7 Å². The molecule has 0 radical (unpaired) electrons. The minimum atomic E-state index is -3.91. The van der Waals surface area contributed by atoms with E-state index in [0.717, 1.165) is 61.9 Å². The van der Waals surface area contributed by atoms with Crippen molar-refractivity contribution in [3.8, 4) is 0 Å². The van der Waals surface area contributed by atoms with Gasteiger partial charge < -0.3 is 4.74 Å². The third-order valence-electron chi connectivity index (χ3n) is 6.06. The Balaban J connectivity index is 1.71. The summed E-state index contributed by atoms with van der Waals surface area (Å²) in [6, 6.07) is 6.59. The lowest BCUT2D eigenvalue weighted by Crippen LogP contribution is -2.22. The van der Waals surface area contributed by atoms with Gasteiger partial charge in [0.05, 0.1) is 11.7 Å². The van der Waals surface area contributed by atoms with Gasteiger partial charge in [0.15, 0.2) is 11.6 Å². The third-order valence-corrected chi connectivity index (χ3v) is 6.06. The third kappa shape index (κ3) is 5.20. The van der Waals surface area contributed by atoms with Gasteiger partial charge in [-0.1, -0.05) is 31.9 Å². The summed E-state index contributed by atoms with van der Waals surface area (Å²) in [6.45, 7) is 3.44. The first-order valence-electron chi connectivity index (χ1n) is 10.5. The van der Waals surface area contributed by atoms with Crippen LogP contribution in [0.2, 0.25) is 0 Å². The minimum absolute atomic E-state index is 0.0365. The number of hydrogen-bond donors (Lipinski definition) is 0. The highest BCUT2D eigenvalue weighted by Crippen LogP contribution is 2.41. The molecule has 0 bridgehead atoms. The largest absolute Gasteiger partial charge is 0.386 e. The fourth-order valence-corrected chi connectivity index (χ4v) is 4.33. The molecular weight excluding hydrogens is 399 g/mol. The van der Waals surface area contributed by atoms with Crippen molar-refractivity contribution in [3.63, 3.8) is 0 Å². The lowest BCUT2D eigenvalue weighted by molar-refractivity contribution is -0.273. The SMILES string of the molecule is CCCC1CCC(c2ccc(C(F)(F)OC(C)c3ccc(F)c(F)c3)c(F)c2)CC1. The standard InChI is InChI=1S/C24H27F5O/c1-3-4-16-5-7-17(8-6-16)19-9-11-20(22(26)14-19)24(28,29)30-15(2)18-10-12-21(25)23(27)13-18/h9-17H,3-8H2,1-2H3. The van der Waals surface area contributed by atoms with E-state index in [2.05, 4.69) is 6.92 Å². The van der Waals surface area contributed by atoms with E-state index < -0.39 is 35.2 Å². The normalized spacial score (nSPS) is 20.9. The lowest BCUT2D eigenvalue weighted by Gasteiger charge is -2.29. The Hall–Kier alpha value is -1.95. The zero-order chi connectivity index (χ0) is 21.9. The second kappa shape index (κ2) is 9.46. The van der Waals surface area contributed by atoms with Crippen molar-refractivity contribution in [3.05, 3.63) is 70.5 Å². The fourth-order valence-electron chi connectivity index (χ4n) is 4.33. The maximum atomic E-state index is 14.6. The first-order chi connectivity index (χ1) is 14.2. The summed E-state index contributed by atoms with van der Waals surface area (Å²) in [5, 5.41) is 0. The molecule has 1 aliphatic carbocycles. The first kappa shape index (κ1) is 22.7. The van der Waals surface area contributed by atoms with Crippen molar-refractivity contribution in [1.82, 2.24) is 0 Å². The summed E-state index contributed by atoms with van der Waals surface area (Å²) in [7, 11) is 0. The topological polar surface area (TPSA) is 9.23 Å². The second-order valence-corrected chi connectivity index (χ2v) is 8.20. The molecular formula is C24H27F5O. The molecule has 0 aromatic heterocycles. The Bertz CT molecular complexity index is 859. The number of benzene rings is 2. The quantitative estimate of drug-likeness (QED) is 0.408. The van der Waals surface area contributed by atoms with Crippen molar-refractivity contribution in [1.29, 1.82) is 0 Å². The van der Waals surface area contributed by atoms with Crippen LogP contribution in [0.1, 0.15) is 81.1 Å². The maximum Gasteiger partial charge on any atom is 0.386 e. The van der Waals surface area contributed by atoms with Gasteiger partial charge in [-0.25, -0.2) is 13.2 Å². The van der Waals surface area contributed by atoms with Crippen LogP contribution in [0.3, 0.4) is 0 Å². The van der Waals surface area contributed by atoms with Crippen LogP contribution in [-0.4, -0.2) is 0 Å². The number of ether oxygens (including phenoxy) is 1. The number of halogens is 5. The molecule has 3 rings (SSSR count). The molecule has 0 spiro atoms. The Labute approximate surface area is 174 Å². The molecule has 1 aliphatic rings. The van der Waals surface area contributed by atoms with Crippen LogP contribution in [0.5, 0.6) is 0 Å². The number of rotatable bonds is 7. The summed E-state index contributed by atoms with van der Waals surface area (Å²) in [5.41, 5.74) is -0.0922. The van der Waals surface area contributed by atoms with Crippen molar-refractivity contribution in [2.24, 2.45) is 5.92 Å². The Morgan fingerprint density at radius 1 is 0.933 bits per heavy atom. The maximum absolute atomic E-state index is 14.6. The van der Waals surface area contributed by atoms with Gasteiger partial charge in [0.2, 0.25) is 0 Å². The first-order valence-corrected chi connectivity index (χ1v) is 10.5. The van der Waals surface area contributed by atoms with Crippen LogP contribution in [0.25, 0.3) is 0 Å². The van der Waals surface area contributed by atoms with E-state index in [-0.39, 0.29) is 11.5 Å². The van der Waals surface area contributed by atoms with Crippen molar-refractivity contribution in [2.75, 3.05) is 0 Å². The Morgan fingerprint density at radius 2 is 1.63 bits per heavy atom. The van der Waals surface area contributed by atoms with Gasteiger partial charge in [-0.05, 0) is 79.8 Å². The Morgan fingerprint density at radius 3 is 2.23 bits per heavy atom. The average molecular weight is 426 g/mol. The highest BCUT2D eigenvalue weighted by Gasteiger charge is 2.38. The Kier molecular flexibility index (Phi) is 7.17. The highest BCUT2D eigenvalue weighted by atomic mass is 19.3. The van der Waals surface area contributed by atoms with Crippen LogP contribution in [0.4, 0.5) is 22.0 Å². The van der Waals surface area contributed by atoms with Gasteiger partial charge in [-0.15, -0.1) is 0 Å².